The Balaban J connectivity index is 1.97. The van der Waals surface area contributed by atoms with E-state index < -0.39 is 5.97 Å². The van der Waals surface area contributed by atoms with Crippen LogP contribution in [0.4, 0.5) is 5.69 Å². The molecule has 2 unspecified atom stereocenters. The maximum atomic E-state index is 10.9. The van der Waals surface area contributed by atoms with Crippen molar-refractivity contribution in [3.05, 3.63) is 24.0 Å². The largest absolute Gasteiger partial charge is 0.478 e. The number of carboxylic acids is 1. The van der Waals surface area contributed by atoms with E-state index in [4.69, 9.17) is 5.11 Å². The number of carbonyl (C=O) groups is 1. The number of nitrogens with zero attached hydrogens (tertiary/aromatic N) is 1. The zero-order valence-electron chi connectivity index (χ0n) is 9.47. The van der Waals surface area contributed by atoms with Crippen molar-refractivity contribution in [2.45, 2.75) is 25.4 Å². The van der Waals surface area contributed by atoms with Gasteiger partial charge < -0.3 is 15.5 Å². The third-order valence-electron chi connectivity index (χ3n) is 3.15. The molecule has 2 atom stereocenters. The van der Waals surface area contributed by atoms with Gasteiger partial charge in [-0.1, -0.05) is 0 Å². The van der Waals surface area contributed by atoms with Crippen LogP contribution in [0.2, 0.25) is 0 Å². The molecule has 1 aromatic heterocycles. The van der Waals surface area contributed by atoms with Gasteiger partial charge in [-0.15, -0.1) is 0 Å². The van der Waals surface area contributed by atoms with Crippen LogP contribution in [0, 0.1) is 5.92 Å². The minimum absolute atomic E-state index is 0.186. The zero-order valence-corrected chi connectivity index (χ0v) is 9.47. The molecule has 1 aliphatic rings. The fourth-order valence-corrected chi connectivity index (χ4v) is 2.21. The molecule has 5 nitrogen and oxygen atoms in total. The lowest BCUT2D eigenvalue weighted by molar-refractivity contribution is 0.0697. The van der Waals surface area contributed by atoms with Gasteiger partial charge in [0.15, 0.2) is 0 Å². The second kappa shape index (κ2) is 5.14. The Kier molecular flexibility index (Phi) is 3.58. The van der Waals surface area contributed by atoms with E-state index in [1.54, 1.807) is 12.3 Å². The van der Waals surface area contributed by atoms with Crippen molar-refractivity contribution in [1.82, 2.24) is 4.98 Å². The number of hydrogen-bond acceptors (Lipinski definition) is 4. The Hall–Kier alpha value is -1.62. The molecule has 3 N–H and O–H groups in total. The number of carboxylic acid groups (broad SMARTS) is 1. The van der Waals surface area contributed by atoms with E-state index >= 15 is 0 Å². The van der Waals surface area contributed by atoms with Gasteiger partial charge in [0.05, 0.1) is 11.8 Å². The predicted molar refractivity (Wildman–Crippen MR) is 63.0 cm³/mol. The first-order valence-corrected chi connectivity index (χ1v) is 5.76. The van der Waals surface area contributed by atoms with Gasteiger partial charge in [-0.25, -0.2) is 4.79 Å². The molecule has 92 valence electrons. The van der Waals surface area contributed by atoms with E-state index in [1.165, 1.54) is 6.20 Å². The fraction of sp³-hybridized carbons (Fsp3) is 0.500. The smallest absolute Gasteiger partial charge is 0.339 e. The Morgan fingerprint density at radius 2 is 2.35 bits per heavy atom. The SMILES string of the molecule is O=C(O)c1cnccc1NCC1CCC(O)C1. The Bertz CT molecular complexity index is 408. The van der Waals surface area contributed by atoms with Crippen LogP contribution >= 0.6 is 0 Å². The highest BCUT2D eigenvalue weighted by Gasteiger charge is 2.22. The predicted octanol–water partition coefficient (Wildman–Crippen LogP) is 1.35. The van der Waals surface area contributed by atoms with Gasteiger partial charge in [0.25, 0.3) is 0 Å². The minimum Gasteiger partial charge on any atom is -0.478 e. The summed E-state index contributed by atoms with van der Waals surface area (Å²) in [4.78, 5) is 14.7. The molecule has 0 bridgehead atoms. The molecule has 17 heavy (non-hydrogen) atoms. The molecule has 2 rings (SSSR count). The van der Waals surface area contributed by atoms with Crippen LogP contribution in [0.3, 0.4) is 0 Å². The molecule has 1 saturated carbocycles. The van der Waals surface area contributed by atoms with Crippen molar-refractivity contribution in [2.75, 3.05) is 11.9 Å². The first-order valence-electron chi connectivity index (χ1n) is 5.76. The maximum Gasteiger partial charge on any atom is 0.339 e. The highest BCUT2D eigenvalue weighted by molar-refractivity contribution is 5.93. The van der Waals surface area contributed by atoms with Crippen molar-refractivity contribution >= 4 is 11.7 Å². The van der Waals surface area contributed by atoms with E-state index in [0.717, 1.165) is 19.3 Å². The van der Waals surface area contributed by atoms with Crippen LogP contribution in [0.1, 0.15) is 29.6 Å². The Morgan fingerprint density at radius 1 is 1.53 bits per heavy atom. The first kappa shape index (κ1) is 11.9. The normalized spacial score (nSPS) is 23.6. The highest BCUT2D eigenvalue weighted by Crippen LogP contribution is 2.26. The van der Waals surface area contributed by atoms with Crippen molar-refractivity contribution in [2.24, 2.45) is 5.92 Å². The second-order valence-electron chi connectivity index (χ2n) is 4.44. The zero-order chi connectivity index (χ0) is 12.3. The monoisotopic (exact) mass is 236 g/mol. The molecular formula is C12H16N2O3. The van der Waals surface area contributed by atoms with Crippen LogP contribution < -0.4 is 5.32 Å². The lowest BCUT2D eigenvalue weighted by atomic mass is 10.1. The molecular weight excluding hydrogens is 220 g/mol. The first-order chi connectivity index (χ1) is 8.16. The number of nitrogens with one attached hydrogen (secondary N) is 1. The van der Waals surface area contributed by atoms with Crippen LogP contribution in [-0.4, -0.2) is 33.8 Å². The van der Waals surface area contributed by atoms with Crippen LogP contribution in [-0.2, 0) is 0 Å². The topological polar surface area (TPSA) is 82.5 Å². The van der Waals surface area contributed by atoms with Gasteiger partial charge in [0.2, 0.25) is 0 Å². The lowest BCUT2D eigenvalue weighted by Crippen LogP contribution is -2.14. The lowest BCUT2D eigenvalue weighted by Gasteiger charge is -2.13. The number of anilines is 1. The summed E-state index contributed by atoms with van der Waals surface area (Å²) in [6, 6.07) is 1.66. The van der Waals surface area contributed by atoms with Crippen LogP contribution in [0.5, 0.6) is 0 Å². The van der Waals surface area contributed by atoms with Crippen LogP contribution in [0.25, 0.3) is 0 Å². The summed E-state index contributed by atoms with van der Waals surface area (Å²) < 4.78 is 0. The van der Waals surface area contributed by atoms with Gasteiger partial charge in [-0.2, -0.15) is 0 Å². The third kappa shape index (κ3) is 2.94. The van der Waals surface area contributed by atoms with E-state index in [0.29, 0.717) is 18.2 Å². The van der Waals surface area contributed by atoms with Crippen LogP contribution in [0.15, 0.2) is 18.5 Å². The fourth-order valence-electron chi connectivity index (χ4n) is 2.21. The summed E-state index contributed by atoms with van der Waals surface area (Å²) in [6.07, 6.45) is 5.33. The van der Waals surface area contributed by atoms with Gasteiger partial charge in [0.1, 0.15) is 5.56 Å². The molecule has 0 radical (unpaired) electrons. The second-order valence-corrected chi connectivity index (χ2v) is 4.44. The summed E-state index contributed by atoms with van der Waals surface area (Å²) in [5.41, 5.74) is 0.778. The molecule has 0 saturated heterocycles. The summed E-state index contributed by atoms with van der Waals surface area (Å²) in [5, 5.41) is 21.5. The number of aromatic carboxylic acids is 1. The van der Waals surface area contributed by atoms with E-state index in [2.05, 4.69) is 10.3 Å². The summed E-state index contributed by atoms with van der Waals surface area (Å²) in [6.45, 7) is 0.696. The molecule has 1 heterocycles. The van der Waals surface area contributed by atoms with E-state index in [-0.39, 0.29) is 11.7 Å². The molecule has 0 amide bonds. The summed E-state index contributed by atoms with van der Waals surface area (Å²) in [7, 11) is 0. The average Bonchev–Trinajstić information content (AvgIpc) is 2.73. The number of pyridine rings is 1. The number of aromatic nitrogens is 1. The molecule has 1 fully saturated rings. The average molecular weight is 236 g/mol. The van der Waals surface area contributed by atoms with Gasteiger partial charge in [-0.05, 0) is 31.2 Å². The van der Waals surface area contributed by atoms with Gasteiger partial charge >= 0.3 is 5.97 Å². The number of aliphatic hydroxyl groups is 1. The molecule has 0 aliphatic heterocycles. The van der Waals surface area contributed by atoms with Crippen molar-refractivity contribution < 1.29 is 15.0 Å². The molecule has 0 spiro atoms. The van der Waals surface area contributed by atoms with E-state index in [1.807, 2.05) is 0 Å². The summed E-state index contributed by atoms with van der Waals surface area (Å²) >= 11 is 0. The number of hydrogen-bond donors (Lipinski definition) is 3. The van der Waals surface area contributed by atoms with Crippen molar-refractivity contribution in [3.8, 4) is 0 Å². The Labute approximate surface area is 99.5 Å². The summed E-state index contributed by atoms with van der Waals surface area (Å²) in [5.74, 6) is -0.563. The van der Waals surface area contributed by atoms with Gasteiger partial charge in [0, 0.05) is 18.9 Å². The molecule has 5 heteroatoms. The highest BCUT2D eigenvalue weighted by atomic mass is 16.4. The van der Waals surface area contributed by atoms with Crippen molar-refractivity contribution in [1.29, 1.82) is 0 Å². The maximum absolute atomic E-state index is 10.9. The Morgan fingerprint density at radius 3 is 3.00 bits per heavy atom. The molecule has 1 aromatic rings. The molecule has 1 aliphatic carbocycles. The van der Waals surface area contributed by atoms with Crippen molar-refractivity contribution in [3.63, 3.8) is 0 Å². The number of rotatable bonds is 4. The third-order valence-corrected chi connectivity index (χ3v) is 3.15. The van der Waals surface area contributed by atoms with E-state index in [9.17, 15) is 9.90 Å². The molecule has 0 aromatic carbocycles. The minimum atomic E-state index is -0.980. The standard InChI is InChI=1S/C12H16N2O3/c15-9-2-1-8(5-9)6-14-11-3-4-13-7-10(11)12(16)17/h3-4,7-9,15H,1-2,5-6H2,(H,13,14)(H,16,17). The van der Waals surface area contributed by atoms with Gasteiger partial charge in [-0.3, -0.25) is 4.98 Å². The number of aliphatic hydroxyl groups excluding tert-OH is 1. The quantitative estimate of drug-likeness (QED) is 0.735.